The first-order valence-corrected chi connectivity index (χ1v) is 23.7. The van der Waals surface area contributed by atoms with Gasteiger partial charge in [-0.1, -0.05) is 200 Å². The Morgan fingerprint density at radius 3 is 1.41 bits per heavy atom. The number of hydrogen-bond acceptors (Lipinski definition) is 1. The summed E-state index contributed by atoms with van der Waals surface area (Å²) in [5, 5.41) is 4.90. The van der Waals surface area contributed by atoms with Crippen LogP contribution in [0.25, 0.3) is 99.5 Å². The topological polar surface area (TPSA) is 13.1 Å². The van der Waals surface area contributed by atoms with Crippen molar-refractivity contribution in [3.8, 4) is 55.9 Å². The Kier molecular flexibility index (Phi) is 9.84. The fourth-order valence-electron chi connectivity index (χ4n) is 10.7. The molecule has 0 saturated heterocycles. The van der Waals surface area contributed by atoms with Crippen LogP contribution in [0, 0.1) is 0 Å². The molecule has 0 atom stereocenters. The molecule has 3 heteroatoms. The van der Waals surface area contributed by atoms with Crippen molar-refractivity contribution in [3.05, 3.63) is 273 Å². The van der Waals surface area contributed by atoms with Crippen LogP contribution >= 0.6 is 0 Å². The van der Waals surface area contributed by atoms with Crippen molar-refractivity contribution in [1.82, 2.24) is 9.13 Å². The summed E-state index contributed by atoms with van der Waals surface area (Å²) >= 11 is 0. The standard InChI is InChI=1S/C66H45N3/c1-4-22-46(23-5-1)52-30-10-11-31-54(52)55-32-12-13-33-56(55)57-34-14-17-38-61(57)67(51-42-43-59-58-35-15-18-39-62(58)69(65(59)45-51)49-27-8-3-9-28-49)50-29-20-24-47(44-50)53-37-21-41-64-66(53)60-36-16-19-40-63(60)68(64)48-25-6-2-7-26-48/h1-45H. The average Bonchev–Trinajstić information content (AvgIpc) is 3.95. The highest BCUT2D eigenvalue weighted by Gasteiger charge is 2.23. The quantitative estimate of drug-likeness (QED) is 0.141. The molecule has 0 saturated carbocycles. The van der Waals surface area contributed by atoms with E-state index in [1.54, 1.807) is 0 Å². The van der Waals surface area contributed by atoms with Crippen LogP contribution in [0.5, 0.6) is 0 Å². The molecule has 0 aliphatic carbocycles. The van der Waals surface area contributed by atoms with Gasteiger partial charge in [-0.05, 0) is 112 Å². The number of benzene rings is 11. The molecule has 324 valence electrons. The maximum Gasteiger partial charge on any atom is 0.0561 e. The molecule has 0 spiro atoms. The first-order valence-electron chi connectivity index (χ1n) is 23.7. The lowest BCUT2D eigenvalue weighted by molar-refractivity contribution is 1.18. The molecule has 0 aliphatic rings. The summed E-state index contributed by atoms with van der Waals surface area (Å²) in [5.74, 6) is 0. The van der Waals surface area contributed by atoms with E-state index in [2.05, 4.69) is 287 Å². The number of hydrogen-bond donors (Lipinski definition) is 0. The van der Waals surface area contributed by atoms with Crippen molar-refractivity contribution in [2.24, 2.45) is 0 Å². The summed E-state index contributed by atoms with van der Waals surface area (Å²) in [4.78, 5) is 2.47. The summed E-state index contributed by atoms with van der Waals surface area (Å²) in [6, 6.07) is 99.2. The number of nitrogens with zero attached hydrogens (tertiary/aromatic N) is 3. The van der Waals surface area contributed by atoms with Crippen molar-refractivity contribution in [1.29, 1.82) is 0 Å². The van der Waals surface area contributed by atoms with Gasteiger partial charge in [0.05, 0.1) is 27.8 Å². The minimum atomic E-state index is 1.06. The molecule has 0 unspecified atom stereocenters. The van der Waals surface area contributed by atoms with E-state index in [-0.39, 0.29) is 0 Å². The molecule has 0 bridgehead atoms. The first-order chi connectivity index (χ1) is 34.3. The maximum atomic E-state index is 2.47. The van der Waals surface area contributed by atoms with Gasteiger partial charge in [0.25, 0.3) is 0 Å². The number of rotatable bonds is 9. The second-order valence-electron chi connectivity index (χ2n) is 17.6. The zero-order valence-corrected chi connectivity index (χ0v) is 37.8. The highest BCUT2D eigenvalue weighted by atomic mass is 15.1. The molecule has 0 aliphatic heterocycles. The van der Waals surface area contributed by atoms with Crippen LogP contribution in [-0.2, 0) is 0 Å². The van der Waals surface area contributed by atoms with E-state index in [9.17, 15) is 0 Å². The summed E-state index contributed by atoms with van der Waals surface area (Å²) in [6.45, 7) is 0. The van der Waals surface area contributed by atoms with Gasteiger partial charge in [-0.2, -0.15) is 0 Å². The van der Waals surface area contributed by atoms with Crippen molar-refractivity contribution >= 4 is 60.7 Å². The van der Waals surface area contributed by atoms with Gasteiger partial charge >= 0.3 is 0 Å². The Balaban J connectivity index is 1.06. The lowest BCUT2D eigenvalue weighted by Crippen LogP contribution is -2.11. The van der Waals surface area contributed by atoms with Crippen molar-refractivity contribution in [3.63, 3.8) is 0 Å². The molecule has 0 radical (unpaired) electrons. The van der Waals surface area contributed by atoms with Gasteiger partial charge in [0.1, 0.15) is 0 Å². The van der Waals surface area contributed by atoms with Crippen LogP contribution in [0.3, 0.4) is 0 Å². The summed E-state index contributed by atoms with van der Waals surface area (Å²) in [6.07, 6.45) is 0. The summed E-state index contributed by atoms with van der Waals surface area (Å²) in [5.41, 5.74) is 19.6. The zero-order valence-electron chi connectivity index (χ0n) is 37.8. The minimum Gasteiger partial charge on any atom is -0.310 e. The normalized spacial score (nSPS) is 11.5. The largest absolute Gasteiger partial charge is 0.310 e. The van der Waals surface area contributed by atoms with Gasteiger partial charge in [-0.15, -0.1) is 0 Å². The molecular formula is C66H45N3. The predicted molar refractivity (Wildman–Crippen MR) is 292 cm³/mol. The van der Waals surface area contributed by atoms with Crippen LogP contribution in [0.15, 0.2) is 273 Å². The third-order valence-corrected chi connectivity index (χ3v) is 13.7. The number of aromatic nitrogens is 2. The third kappa shape index (κ3) is 6.82. The number of fused-ring (bicyclic) bond motifs is 6. The molecule has 2 heterocycles. The second-order valence-corrected chi connectivity index (χ2v) is 17.6. The Bertz CT molecular complexity index is 4010. The fourth-order valence-corrected chi connectivity index (χ4v) is 10.7. The van der Waals surface area contributed by atoms with Gasteiger partial charge in [-0.25, -0.2) is 0 Å². The van der Waals surface area contributed by atoms with Gasteiger partial charge in [0.15, 0.2) is 0 Å². The Morgan fingerprint density at radius 2 is 0.696 bits per heavy atom. The zero-order chi connectivity index (χ0) is 45.7. The highest BCUT2D eigenvalue weighted by molar-refractivity contribution is 6.16. The lowest BCUT2D eigenvalue weighted by atomic mass is 9.88. The molecule has 0 amide bonds. The van der Waals surface area contributed by atoms with Crippen molar-refractivity contribution < 1.29 is 0 Å². The highest BCUT2D eigenvalue weighted by Crippen LogP contribution is 2.48. The Labute approximate surface area is 401 Å². The van der Waals surface area contributed by atoms with E-state index in [1.165, 1.54) is 65.9 Å². The van der Waals surface area contributed by atoms with E-state index in [1.807, 2.05) is 0 Å². The monoisotopic (exact) mass is 879 g/mol. The van der Waals surface area contributed by atoms with Crippen LogP contribution in [-0.4, -0.2) is 9.13 Å². The maximum absolute atomic E-state index is 2.47. The minimum absolute atomic E-state index is 1.06. The first kappa shape index (κ1) is 40.1. The molecule has 13 aromatic rings. The number of anilines is 3. The Morgan fingerprint density at radius 1 is 0.246 bits per heavy atom. The average molecular weight is 880 g/mol. The van der Waals surface area contributed by atoms with Crippen LogP contribution in [0.4, 0.5) is 17.1 Å². The molecular weight excluding hydrogens is 835 g/mol. The molecule has 3 nitrogen and oxygen atoms in total. The van der Waals surface area contributed by atoms with Gasteiger partial charge in [-0.3, -0.25) is 0 Å². The van der Waals surface area contributed by atoms with Gasteiger partial charge in [0.2, 0.25) is 0 Å². The predicted octanol–water partition coefficient (Wildman–Crippen LogP) is 18.0. The van der Waals surface area contributed by atoms with E-state index in [4.69, 9.17) is 0 Å². The smallest absolute Gasteiger partial charge is 0.0561 e. The molecule has 69 heavy (non-hydrogen) atoms. The molecule has 11 aromatic carbocycles. The summed E-state index contributed by atoms with van der Waals surface area (Å²) < 4.78 is 4.81. The van der Waals surface area contributed by atoms with E-state index in [0.717, 1.165) is 50.6 Å². The van der Waals surface area contributed by atoms with E-state index < -0.39 is 0 Å². The molecule has 13 rings (SSSR count). The van der Waals surface area contributed by atoms with E-state index in [0.29, 0.717) is 0 Å². The molecule has 0 N–H and O–H groups in total. The molecule has 0 fully saturated rings. The van der Waals surface area contributed by atoms with Crippen molar-refractivity contribution in [2.45, 2.75) is 0 Å². The van der Waals surface area contributed by atoms with Crippen LogP contribution < -0.4 is 4.90 Å². The van der Waals surface area contributed by atoms with Gasteiger partial charge in [0, 0.05) is 49.9 Å². The SMILES string of the molecule is c1ccc(-c2ccccc2-c2ccccc2-c2ccccc2N(c2cccc(-c3cccc4c3c3ccccc3n4-c3ccccc3)c2)c2ccc3c4ccccc4n(-c4ccccc4)c3c2)cc1. The van der Waals surface area contributed by atoms with E-state index >= 15 is 0 Å². The third-order valence-electron chi connectivity index (χ3n) is 13.7. The van der Waals surface area contributed by atoms with Crippen molar-refractivity contribution in [2.75, 3.05) is 4.90 Å². The van der Waals surface area contributed by atoms with Crippen LogP contribution in [0.1, 0.15) is 0 Å². The lowest BCUT2D eigenvalue weighted by Gasteiger charge is -2.29. The Hall–Kier alpha value is -9.18. The van der Waals surface area contributed by atoms with Gasteiger partial charge < -0.3 is 14.0 Å². The number of para-hydroxylation sites is 5. The summed E-state index contributed by atoms with van der Waals surface area (Å²) in [7, 11) is 0. The second kappa shape index (κ2) is 16.9. The fraction of sp³-hybridized carbons (Fsp3) is 0. The molecule has 2 aromatic heterocycles. The van der Waals surface area contributed by atoms with Crippen LogP contribution in [0.2, 0.25) is 0 Å².